The van der Waals surface area contributed by atoms with Crippen LogP contribution in [0.15, 0.2) is 17.3 Å². The number of rotatable bonds is 5. The average Bonchev–Trinajstić information content (AvgIpc) is 3.02. The predicted octanol–water partition coefficient (Wildman–Crippen LogP) is 2.72. The molecule has 1 fully saturated rings. The number of carboxylic acid groups (broad SMARTS) is 1. The van der Waals surface area contributed by atoms with Gasteiger partial charge in [-0.05, 0) is 37.3 Å². The third-order valence-corrected chi connectivity index (χ3v) is 4.63. The van der Waals surface area contributed by atoms with Crippen LogP contribution in [-0.4, -0.2) is 31.4 Å². The maximum atomic E-state index is 10.8. The first-order valence-corrected chi connectivity index (χ1v) is 7.64. The number of nitrogens with zero attached hydrogens (tertiary/aromatic N) is 3. The molecule has 0 unspecified atom stereocenters. The van der Waals surface area contributed by atoms with Crippen LogP contribution >= 0.6 is 11.8 Å². The Kier molecular flexibility index (Phi) is 3.20. The molecule has 0 spiro atoms. The zero-order valence-electron chi connectivity index (χ0n) is 11.6. The molecule has 0 atom stereocenters. The van der Waals surface area contributed by atoms with Gasteiger partial charge >= 0.3 is 5.97 Å². The number of carboxylic acids is 1. The van der Waals surface area contributed by atoms with Crippen LogP contribution in [0.25, 0.3) is 11.2 Å². The second kappa shape index (κ2) is 4.77. The molecule has 0 bridgehead atoms. The first-order valence-electron chi connectivity index (χ1n) is 6.65. The highest BCUT2D eigenvalue weighted by Gasteiger charge is 2.38. The van der Waals surface area contributed by atoms with Crippen LogP contribution in [0, 0.1) is 12.3 Å². The molecule has 0 saturated heterocycles. The van der Waals surface area contributed by atoms with Gasteiger partial charge in [0.05, 0.1) is 5.75 Å². The summed E-state index contributed by atoms with van der Waals surface area (Å²) in [5.41, 5.74) is 2.98. The summed E-state index contributed by atoms with van der Waals surface area (Å²) in [4.78, 5) is 19.9. The summed E-state index contributed by atoms with van der Waals surface area (Å²) in [6, 6.07) is 3.89. The Morgan fingerprint density at radius 2 is 2.20 bits per heavy atom. The lowest BCUT2D eigenvalue weighted by Crippen LogP contribution is -2.10. The van der Waals surface area contributed by atoms with Crippen LogP contribution in [0.4, 0.5) is 0 Å². The van der Waals surface area contributed by atoms with Crippen LogP contribution in [0.1, 0.15) is 25.5 Å². The third kappa shape index (κ3) is 2.65. The van der Waals surface area contributed by atoms with Gasteiger partial charge in [-0.2, -0.15) is 0 Å². The van der Waals surface area contributed by atoms with Crippen molar-refractivity contribution in [2.45, 2.75) is 38.4 Å². The van der Waals surface area contributed by atoms with E-state index in [-0.39, 0.29) is 5.75 Å². The van der Waals surface area contributed by atoms with Gasteiger partial charge in [0.25, 0.3) is 0 Å². The van der Waals surface area contributed by atoms with E-state index in [1.807, 2.05) is 19.1 Å². The molecule has 1 saturated carbocycles. The SMILES string of the molecule is Cc1ccc2nc(SCC(=O)O)n(CC3(C)CC3)c2n1. The maximum absolute atomic E-state index is 10.8. The molecule has 106 valence electrons. The number of hydrogen-bond acceptors (Lipinski definition) is 4. The standard InChI is InChI=1S/C14H17N3O2S/c1-9-3-4-10-12(15-9)17(8-14(2)5-6-14)13(16-10)20-7-11(18)19/h3-4H,5-8H2,1-2H3,(H,18,19). The Balaban J connectivity index is 2.02. The summed E-state index contributed by atoms with van der Waals surface area (Å²) in [5.74, 6) is -0.797. The van der Waals surface area contributed by atoms with Crippen molar-refractivity contribution in [1.82, 2.24) is 14.5 Å². The van der Waals surface area contributed by atoms with Gasteiger partial charge < -0.3 is 9.67 Å². The summed E-state index contributed by atoms with van der Waals surface area (Å²) >= 11 is 1.27. The number of carbonyl (C=O) groups is 1. The number of hydrogen-bond donors (Lipinski definition) is 1. The van der Waals surface area contributed by atoms with Gasteiger partial charge in [-0.1, -0.05) is 18.7 Å². The Morgan fingerprint density at radius 3 is 2.85 bits per heavy atom. The van der Waals surface area contributed by atoms with E-state index in [0.717, 1.165) is 28.6 Å². The highest BCUT2D eigenvalue weighted by molar-refractivity contribution is 7.99. The number of imidazole rings is 1. The maximum Gasteiger partial charge on any atom is 0.313 e. The van der Waals surface area contributed by atoms with Crippen LogP contribution < -0.4 is 0 Å². The molecular formula is C14H17N3O2S. The van der Waals surface area contributed by atoms with Gasteiger partial charge in [-0.25, -0.2) is 9.97 Å². The molecule has 2 aromatic heterocycles. The van der Waals surface area contributed by atoms with Crippen LogP contribution in [0.2, 0.25) is 0 Å². The molecule has 1 aliphatic rings. The lowest BCUT2D eigenvalue weighted by molar-refractivity contribution is -0.133. The monoisotopic (exact) mass is 291 g/mol. The first-order chi connectivity index (χ1) is 9.47. The average molecular weight is 291 g/mol. The molecule has 1 aliphatic carbocycles. The van der Waals surface area contributed by atoms with Gasteiger partial charge in [-0.3, -0.25) is 4.79 Å². The van der Waals surface area contributed by atoms with Crippen molar-refractivity contribution < 1.29 is 9.90 Å². The van der Waals surface area contributed by atoms with E-state index in [1.165, 1.54) is 24.6 Å². The molecular weight excluding hydrogens is 274 g/mol. The van der Waals surface area contributed by atoms with E-state index in [2.05, 4.69) is 21.5 Å². The van der Waals surface area contributed by atoms with Crippen molar-refractivity contribution in [3.63, 3.8) is 0 Å². The number of aromatic nitrogens is 3. The zero-order chi connectivity index (χ0) is 14.3. The highest BCUT2D eigenvalue weighted by Crippen LogP contribution is 2.47. The minimum Gasteiger partial charge on any atom is -0.481 e. The first kappa shape index (κ1) is 13.4. The van der Waals surface area contributed by atoms with Gasteiger partial charge in [0, 0.05) is 12.2 Å². The Hall–Kier alpha value is -1.56. The van der Waals surface area contributed by atoms with Crippen molar-refractivity contribution in [2.75, 3.05) is 5.75 Å². The van der Waals surface area contributed by atoms with Gasteiger partial charge in [-0.15, -0.1) is 0 Å². The fraction of sp³-hybridized carbons (Fsp3) is 0.500. The second-order valence-electron chi connectivity index (χ2n) is 5.77. The molecule has 0 amide bonds. The highest BCUT2D eigenvalue weighted by atomic mass is 32.2. The molecule has 0 radical (unpaired) electrons. The van der Waals surface area contributed by atoms with E-state index in [0.29, 0.717) is 5.41 Å². The fourth-order valence-electron chi connectivity index (χ4n) is 2.21. The van der Waals surface area contributed by atoms with Crippen molar-refractivity contribution in [2.24, 2.45) is 5.41 Å². The minimum absolute atomic E-state index is 0.0268. The molecule has 2 aromatic rings. The fourth-order valence-corrected chi connectivity index (χ4v) is 2.93. The van der Waals surface area contributed by atoms with E-state index >= 15 is 0 Å². The number of fused-ring (bicyclic) bond motifs is 1. The molecule has 2 heterocycles. The Morgan fingerprint density at radius 1 is 1.45 bits per heavy atom. The molecule has 1 N–H and O–H groups in total. The van der Waals surface area contributed by atoms with Crippen LogP contribution in [-0.2, 0) is 11.3 Å². The summed E-state index contributed by atoms with van der Waals surface area (Å²) in [7, 11) is 0. The van der Waals surface area contributed by atoms with Crippen molar-refractivity contribution in [3.8, 4) is 0 Å². The topological polar surface area (TPSA) is 68.0 Å². The Bertz CT molecular complexity index is 676. The van der Waals surface area contributed by atoms with E-state index in [1.54, 1.807) is 0 Å². The van der Waals surface area contributed by atoms with E-state index in [4.69, 9.17) is 5.11 Å². The zero-order valence-corrected chi connectivity index (χ0v) is 12.4. The summed E-state index contributed by atoms with van der Waals surface area (Å²) in [6.45, 7) is 5.07. The summed E-state index contributed by atoms with van der Waals surface area (Å²) < 4.78 is 2.09. The van der Waals surface area contributed by atoms with E-state index in [9.17, 15) is 4.79 Å². The molecule has 20 heavy (non-hydrogen) atoms. The number of thioether (sulfide) groups is 1. The molecule has 0 aromatic carbocycles. The van der Waals surface area contributed by atoms with Crippen LogP contribution in [0.5, 0.6) is 0 Å². The van der Waals surface area contributed by atoms with Crippen molar-refractivity contribution in [1.29, 1.82) is 0 Å². The molecule has 3 rings (SSSR count). The summed E-state index contributed by atoms with van der Waals surface area (Å²) in [5, 5.41) is 9.61. The number of aryl methyl sites for hydroxylation is 1. The quantitative estimate of drug-likeness (QED) is 0.858. The summed E-state index contributed by atoms with van der Waals surface area (Å²) in [6.07, 6.45) is 2.42. The second-order valence-corrected chi connectivity index (χ2v) is 6.71. The normalized spacial score (nSPS) is 16.5. The predicted molar refractivity (Wildman–Crippen MR) is 78.0 cm³/mol. The van der Waals surface area contributed by atoms with Gasteiger partial charge in [0.2, 0.25) is 0 Å². The molecule has 0 aliphatic heterocycles. The number of aliphatic carboxylic acids is 1. The smallest absolute Gasteiger partial charge is 0.313 e. The van der Waals surface area contributed by atoms with Gasteiger partial charge in [0.15, 0.2) is 10.8 Å². The van der Waals surface area contributed by atoms with E-state index < -0.39 is 5.97 Å². The minimum atomic E-state index is -0.824. The Labute approximate surface area is 121 Å². The number of pyridine rings is 1. The van der Waals surface area contributed by atoms with Crippen molar-refractivity contribution in [3.05, 3.63) is 17.8 Å². The largest absolute Gasteiger partial charge is 0.481 e. The molecule has 6 heteroatoms. The van der Waals surface area contributed by atoms with Crippen molar-refractivity contribution >= 4 is 28.9 Å². The molecule has 5 nitrogen and oxygen atoms in total. The lowest BCUT2D eigenvalue weighted by Gasteiger charge is -2.12. The van der Waals surface area contributed by atoms with Gasteiger partial charge in [0.1, 0.15) is 5.52 Å². The lowest BCUT2D eigenvalue weighted by atomic mass is 10.1. The third-order valence-electron chi connectivity index (χ3n) is 3.66. The van der Waals surface area contributed by atoms with Crippen LogP contribution in [0.3, 0.4) is 0 Å².